The van der Waals surface area contributed by atoms with E-state index in [1.165, 1.54) is 36.8 Å². The van der Waals surface area contributed by atoms with Gasteiger partial charge in [-0.1, -0.05) is 18.2 Å². The monoisotopic (exact) mass is 245 g/mol. The van der Waals surface area contributed by atoms with Gasteiger partial charge in [0.25, 0.3) is 0 Å². The standard InChI is InChI=1S/C16H23NO/c1-18-16(8-3-9-16)15(17)11-12-6-7-13-4-2-5-14(13)10-12/h6-7,10,15H,2-5,8-9,11,17H2,1H3. The number of methoxy groups -OCH3 is 1. The molecule has 0 bridgehead atoms. The summed E-state index contributed by atoms with van der Waals surface area (Å²) in [5, 5.41) is 0. The van der Waals surface area contributed by atoms with Crippen molar-refractivity contribution in [3.8, 4) is 0 Å². The van der Waals surface area contributed by atoms with E-state index in [1.54, 1.807) is 5.56 Å². The highest BCUT2D eigenvalue weighted by Crippen LogP contribution is 2.38. The number of hydrogen-bond acceptors (Lipinski definition) is 2. The Morgan fingerprint density at radius 1 is 1.22 bits per heavy atom. The fourth-order valence-corrected chi connectivity index (χ4v) is 3.44. The van der Waals surface area contributed by atoms with E-state index in [-0.39, 0.29) is 11.6 Å². The lowest BCUT2D eigenvalue weighted by atomic mass is 9.73. The molecule has 0 heterocycles. The van der Waals surface area contributed by atoms with Crippen molar-refractivity contribution in [2.45, 2.75) is 56.6 Å². The average molecular weight is 245 g/mol. The third-order valence-electron chi connectivity index (χ3n) is 4.90. The van der Waals surface area contributed by atoms with Crippen molar-refractivity contribution in [1.29, 1.82) is 0 Å². The predicted octanol–water partition coefficient (Wildman–Crippen LogP) is 2.61. The number of benzene rings is 1. The molecule has 0 radical (unpaired) electrons. The van der Waals surface area contributed by atoms with E-state index in [0.717, 1.165) is 19.3 Å². The Labute approximate surface area is 110 Å². The van der Waals surface area contributed by atoms with Gasteiger partial charge in [-0.2, -0.15) is 0 Å². The lowest BCUT2D eigenvalue weighted by Crippen LogP contribution is -2.55. The maximum absolute atomic E-state index is 6.38. The SMILES string of the molecule is COC1(C(N)Cc2ccc3c(c2)CCC3)CCC1. The minimum Gasteiger partial charge on any atom is -0.377 e. The summed E-state index contributed by atoms with van der Waals surface area (Å²) in [6.07, 6.45) is 8.25. The number of aryl methyl sites for hydroxylation is 2. The Hall–Kier alpha value is -0.860. The van der Waals surface area contributed by atoms with E-state index in [2.05, 4.69) is 18.2 Å². The summed E-state index contributed by atoms with van der Waals surface area (Å²) in [4.78, 5) is 0. The van der Waals surface area contributed by atoms with Crippen molar-refractivity contribution in [1.82, 2.24) is 0 Å². The highest BCUT2D eigenvalue weighted by atomic mass is 16.5. The molecule has 0 amide bonds. The molecule has 1 saturated carbocycles. The quantitative estimate of drug-likeness (QED) is 0.885. The first-order chi connectivity index (χ1) is 8.73. The van der Waals surface area contributed by atoms with E-state index in [1.807, 2.05) is 7.11 Å². The number of fused-ring (bicyclic) bond motifs is 1. The van der Waals surface area contributed by atoms with Gasteiger partial charge in [0.05, 0.1) is 5.60 Å². The van der Waals surface area contributed by atoms with E-state index >= 15 is 0 Å². The minimum atomic E-state index is -0.0426. The molecule has 2 heteroatoms. The second-order valence-electron chi connectivity index (χ2n) is 5.89. The van der Waals surface area contributed by atoms with Gasteiger partial charge >= 0.3 is 0 Å². The first-order valence-corrected chi connectivity index (χ1v) is 7.15. The Morgan fingerprint density at radius 3 is 2.67 bits per heavy atom. The Bertz CT molecular complexity index is 431. The Balaban J connectivity index is 1.72. The van der Waals surface area contributed by atoms with Crippen LogP contribution in [0.5, 0.6) is 0 Å². The van der Waals surface area contributed by atoms with Crippen molar-refractivity contribution in [3.63, 3.8) is 0 Å². The van der Waals surface area contributed by atoms with Crippen LogP contribution >= 0.6 is 0 Å². The maximum Gasteiger partial charge on any atom is 0.0832 e. The maximum atomic E-state index is 6.38. The number of rotatable bonds is 4. The van der Waals surface area contributed by atoms with Gasteiger partial charge in [0.15, 0.2) is 0 Å². The molecule has 98 valence electrons. The predicted molar refractivity (Wildman–Crippen MR) is 73.7 cm³/mol. The normalized spacial score (nSPS) is 22.3. The van der Waals surface area contributed by atoms with Crippen molar-refractivity contribution in [3.05, 3.63) is 34.9 Å². The zero-order valence-corrected chi connectivity index (χ0v) is 11.2. The molecule has 2 nitrogen and oxygen atoms in total. The van der Waals surface area contributed by atoms with E-state index < -0.39 is 0 Å². The van der Waals surface area contributed by atoms with Gasteiger partial charge in [-0.15, -0.1) is 0 Å². The van der Waals surface area contributed by atoms with Gasteiger partial charge < -0.3 is 10.5 Å². The van der Waals surface area contributed by atoms with E-state index in [4.69, 9.17) is 10.5 Å². The number of hydrogen-bond donors (Lipinski definition) is 1. The summed E-state index contributed by atoms with van der Waals surface area (Å²) >= 11 is 0. The van der Waals surface area contributed by atoms with Gasteiger partial charge in [-0.3, -0.25) is 0 Å². The highest BCUT2D eigenvalue weighted by molar-refractivity contribution is 5.35. The third-order valence-corrected chi connectivity index (χ3v) is 4.90. The molecular formula is C16H23NO. The molecule has 1 atom stereocenters. The van der Waals surface area contributed by atoms with Crippen LogP contribution in [0.4, 0.5) is 0 Å². The van der Waals surface area contributed by atoms with Gasteiger partial charge in [-0.25, -0.2) is 0 Å². The van der Waals surface area contributed by atoms with Crippen LogP contribution in [0, 0.1) is 0 Å². The van der Waals surface area contributed by atoms with Crippen molar-refractivity contribution < 1.29 is 4.74 Å². The molecule has 2 aliphatic carbocycles. The summed E-state index contributed by atoms with van der Waals surface area (Å²) in [7, 11) is 1.81. The third kappa shape index (κ3) is 1.98. The van der Waals surface area contributed by atoms with Crippen molar-refractivity contribution in [2.24, 2.45) is 5.73 Å². The molecule has 1 unspecified atom stereocenters. The molecule has 0 aromatic heterocycles. The summed E-state index contributed by atoms with van der Waals surface area (Å²) in [5.41, 5.74) is 10.8. The first kappa shape index (κ1) is 12.2. The number of ether oxygens (including phenoxy) is 1. The fourth-order valence-electron chi connectivity index (χ4n) is 3.44. The molecule has 1 fully saturated rings. The van der Waals surface area contributed by atoms with Crippen LogP contribution in [-0.4, -0.2) is 18.8 Å². The van der Waals surface area contributed by atoms with Crippen molar-refractivity contribution >= 4 is 0 Å². The summed E-state index contributed by atoms with van der Waals surface area (Å²) in [6, 6.07) is 7.05. The van der Waals surface area contributed by atoms with Crippen LogP contribution in [0.1, 0.15) is 42.4 Å². The second kappa shape index (κ2) is 4.67. The van der Waals surface area contributed by atoms with Crippen LogP contribution < -0.4 is 5.73 Å². The molecule has 18 heavy (non-hydrogen) atoms. The number of nitrogens with two attached hydrogens (primary N) is 1. The van der Waals surface area contributed by atoms with Crippen LogP contribution in [0.3, 0.4) is 0 Å². The second-order valence-corrected chi connectivity index (χ2v) is 5.89. The van der Waals surface area contributed by atoms with Crippen LogP contribution in [0.2, 0.25) is 0 Å². The minimum absolute atomic E-state index is 0.0426. The summed E-state index contributed by atoms with van der Waals surface area (Å²) in [6.45, 7) is 0. The van der Waals surface area contributed by atoms with E-state index in [9.17, 15) is 0 Å². The van der Waals surface area contributed by atoms with Crippen LogP contribution in [0.25, 0.3) is 0 Å². The smallest absolute Gasteiger partial charge is 0.0832 e. The Kier molecular flexibility index (Phi) is 3.16. The van der Waals surface area contributed by atoms with E-state index in [0.29, 0.717) is 0 Å². The van der Waals surface area contributed by atoms with Crippen LogP contribution in [-0.2, 0) is 24.0 Å². The summed E-state index contributed by atoms with van der Waals surface area (Å²) < 4.78 is 5.68. The molecule has 3 rings (SSSR count). The molecular weight excluding hydrogens is 222 g/mol. The lowest BCUT2D eigenvalue weighted by molar-refractivity contribution is -0.0897. The summed E-state index contributed by atoms with van der Waals surface area (Å²) in [5.74, 6) is 0. The molecule has 2 aliphatic rings. The first-order valence-electron chi connectivity index (χ1n) is 7.15. The average Bonchev–Trinajstić information content (AvgIpc) is 2.75. The van der Waals surface area contributed by atoms with Gasteiger partial charge in [0.2, 0.25) is 0 Å². The van der Waals surface area contributed by atoms with Gasteiger partial charge in [0.1, 0.15) is 0 Å². The van der Waals surface area contributed by atoms with Gasteiger partial charge in [-0.05, 0) is 61.6 Å². The molecule has 0 aliphatic heterocycles. The Morgan fingerprint density at radius 2 is 2.00 bits per heavy atom. The van der Waals surface area contributed by atoms with Crippen molar-refractivity contribution in [2.75, 3.05) is 7.11 Å². The molecule has 2 N–H and O–H groups in total. The zero-order chi connectivity index (χ0) is 12.6. The molecule has 0 spiro atoms. The molecule has 1 aromatic carbocycles. The van der Waals surface area contributed by atoms with Crippen LogP contribution in [0.15, 0.2) is 18.2 Å². The zero-order valence-electron chi connectivity index (χ0n) is 11.2. The topological polar surface area (TPSA) is 35.2 Å². The largest absolute Gasteiger partial charge is 0.377 e. The highest BCUT2D eigenvalue weighted by Gasteiger charge is 2.42. The van der Waals surface area contributed by atoms with Gasteiger partial charge in [0, 0.05) is 13.2 Å². The fraction of sp³-hybridized carbons (Fsp3) is 0.625. The molecule has 1 aromatic rings. The lowest BCUT2D eigenvalue weighted by Gasteiger charge is -2.45. The molecule has 0 saturated heterocycles.